The maximum absolute atomic E-state index is 13.3. The normalized spacial score (nSPS) is 15.9. The number of hydrogen-bond acceptors (Lipinski definition) is 5. The number of rotatable bonds is 3. The molecule has 2 rings (SSSR count). The Balaban J connectivity index is 2.49. The molecule has 1 radical (unpaired) electrons. The number of esters is 1. The Bertz CT molecular complexity index is 514. The molecule has 115 valence electrons. The summed E-state index contributed by atoms with van der Waals surface area (Å²) in [5.74, 6) is -1.40. The lowest BCUT2D eigenvalue weighted by atomic mass is 10.1. The van der Waals surface area contributed by atoms with Crippen LogP contribution in [0.1, 0.15) is 42.2 Å². The monoisotopic (exact) mass is 302 g/mol. The third-order valence-corrected chi connectivity index (χ3v) is 3.19. The Morgan fingerprint density at radius 3 is 2.52 bits per heavy atom. The van der Waals surface area contributed by atoms with Crippen LogP contribution in [0.25, 0.3) is 0 Å². The van der Waals surface area contributed by atoms with E-state index in [1.54, 1.807) is 0 Å². The first kappa shape index (κ1) is 15.5. The molecule has 0 bridgehead atoms. The summed E-state index contributed by atoms with van der Waals surface area (Å²) in [5, 5.41) is 0. The van der Waals surface area contributed by atoms with Crippen molar-refractivity contribution in [1.82, 2.24) is 9.97 Å². The van der Waals surface area contributed by atoms with Crippen LogP contribution in [-0.2, 0) is 10.9 Å². The molecule has 0 saturated carbocycles. The van der Waals surface area contributed by atoms with E-state index in [2.05, 4.69) is 21.0 Å². The van der Waals surface area contributed by atoms with E-state index in [4.69, 9.17) is 0 Å². The quantitative estimate of drug-likeness (QED) is 0.803. The van der Waals surface area contributed by atoms with Gasteiger partial charge in [-0.15, -0.1) is 0 Å². The fraction of sp³-hybridized carbons (Fsp3) is 0.615. The van der Waals surface area contributed by atoms with Gasteiger partial charge in [0.1, 0.15) is 11.4 Å². The molecule has 0 aromatic carbocycles. The summed E-state index contributed by atoms with van der Waals surface area (Å²) in [6, 6.07) is 0. The predicted octanol–water partition coefficient (Wildman–Crippen LogP) is 2.46. The molecule has 0 N–H and O–H groups in total. The average Bonchev–Trinajstić information content (AvgIpc) is 2.46. The highest BCUT2D eigenvalue weighted by Gasteiger charge is 2.42. The largest absolute Gasteiger partial charge is 0.461 e. The third kappa shape index (κ3) is 3.43. The zero-order chi connectivity index (χ0) is 15.5. The smallest absolute Gasteiger partial charge is 0.422 e. The minimum atomic E-state index is -4.73. The maximum Gasteiger partial charge on any atom is 0.422 e. The number of nitrogens with zero attached hydrogens (tertiary/aromatic N) is 3. The second-order valence-electron chi connectivity index (χ2n) is 4.64. The minimum Gasteiger partial charge on any atom is -0.461 e. The predicted molar refractivity (Wildman–Crippen MR) is 67.9 cm³/mol. The van der Waals surface area contributed by atoms with Crippen molar-refractivity contribution in [2.45, 2.75) is 32.4 Å². The summed E-state index contributed by atoms with van der Waals surface area (Å²) in [6.45, 7) is 2.42. The van der Waals surface area contributed by atoms with Gasteiger partial charge in [-0.1, -0.05) is 0 Å². The van der Waals surface area contributed by atoms with E-state index >= 15 is 0 Å². The Kier molecular flexibility index (Phi) is 4.64. The first-order chi connectivity index (χ1) is 9.95. The first-order valence-electron chi connectivity index (χ1n) is 6.72. The molecule has 1 aromatic rings. The van der Waals surface area contributed by atoms with E-state index in [1.165, 1.54) is 11.8 Å². The summed E-state index contributed by atoms with van der Waals surface area (Å²) in [7, 11) is 0. The highest BCUT2D eigenvalue weighted by molar-refractivity contribution is 5.90. The molecule has 0 amide bonds. The number of aromatic nitrogens is 2. The van der Waals surface area contributed by atoms with Gasteiger partial charge in [0.2, 0.25) is 6.33 Å². The number of hydrogen-bond donors (Lipinski definition) is 0. The summed E-state index contributed by atoms with van der Waals surface area (Å²) >= 11 is 0. The molecule has 1 aromatic heterocycles. The van der Waals surface area contributed by atoms with Gasteiger partial charge in [-0.25, -0.2) is 14.8 Å². The first-order valence-corrected chi connectivity index (χ1v) is 6.72. The van der Waals surface area contributed by atoms with E-state index < -0.39 is 23.4 Å². The van der Waals surface area contributed by atoms with Gasteiger partial charge in [0.05, 0.1) is 6.61 Å². The van der Waals surface area contributed by atoms with Crippen molar-refractivity contribution in [2.24, 2.45) is 0 Å². The van der Waals surface area contributed by atoms with E-state index in [1.807, 2.05) is 0 Å². The molecule has 0 spiro atoms. The lowest BCUT2D eigenvalue weighted by molar-refractivity contribution is -0.138. The summed E-state index contributed by atoms with van der Waals surface area (Å²) < 4.78 is 44.6. The van der Waals surface area contributed by atoms with Crippen molar-refractivity contribution in [1.29, 1.82) is 0 Å². The van der Waals surface area contributed by atoms with Crippen molar-refractivity contribution in [2.75, 3.05) is 24.6 Å². The third-order valence-electron chi connectivity index (χ3n) is 3.19. The number of carbonyl (C=O) groups is 1. The molecule has 0 atom stereocenters. The molecule has 21 heavy (non-hydrogen) atoms. The van der Waals surface area contributed by atoms with Crippen molar-refractivity contribution in [3.05, 3.63) is 17.6 Å². The van der Waals surface area contributed by atoms with Crippen molar-refractivity contribution >= 4 is 11.8 Å². The van der Waals surface area contributed by atoms with Crippen LogP contribution in [0.2, 0.25) is 0 Å². The SMILES string of the molecule is CCOC(=O)c1n[c]nc(N2CCCCC2)c1C(F)(F)F. The second kappa shape index (κ2) is 6.28. The van der Waals surface area contributed by atoms with Gasteiger partial charge in [-0.3, -0.25) is 0 Å². The highest BCUT2D eigenvalue weighted by atomic mass is 19.4. The topological polar surface area (TPSA) is 55.3 Å². The molecule has 2 heterocycles. The van der Waals surface area contributed by atoms with Crippen LogP contribution in [0.4, 0.5) is 19.0 Å². The number of alkyl halides is 3. The van der Waals surface area contributed by atoms with Gasteiger partial charge in [-0.05, 0) is 26.2 Å². The molecule has 1 saturated heterocycles. The molecule has 0 aliphatic carbocycles. The molecule has 8 heteroatoms. The highest BCUT2D eigenvalue weighted by Crippen LogP contribution is 2.38. The summed E-state index contributed by atoms with van der Waals surface area (Å²) in [5.41, 5.74) is -1.92. The molecule has 1 fully saturated rings. The minimum absolute atomic E-state index is 0.0286. The van der Waals surface area contributed by atoms with Gasteiger partial charge in [-0.2, -0.15) is 13.2 Å². The van der Waals surface area contributed by atoms with Gasteiger partial charge in [0.15, 0.2) is 5.69 Å². The Morgan fingerprint density at radius 2 is 1.95 bits per heavy atom. The maximum atomic E-state index is 13.3. The number of halogens is 3. The number of carbonyl (C=O) groups excluding carboxylic acids is 1. The van der Waals surface area contributed by atoms with Gasteiger partial charge < -0.3 is 9.64 Å². The Hall–Kier alpha value is -1.86. The lowest BCUT2D eigenvalue weighted by Gasteiger charge is -2.29. The Morgan fingerprint density at radius 1 is 1.29 bits per heavy atom. The molecule has 1 aliphatic rings. The van der Waals surface area contributed by atoms with Crippen molar-refractivity contribution < 1.29 is 22.7 Å². The van der Waals surface area contributed by atoms with E-state index in [9.17, 15) is 18.0 Å². The molecule has 5 nitrogen and oxygen atoms in total. The fourth-order valence-electron chi connectivity index (χ4n) is 2.28. The molecule has 1 aliphatic heterocycles. The van der Waals surface area contributed by atoms with Crippen molar-refractivity contribution in [3.8, 4) is 0 Å². The van der Waals surface area contributed by atoms with E-state index in [0.29, 0.717) is 13.1 Å². The van der Waals surface area contributed by atoms with Gasteiger partial charge >= 0.3 is 12.1 Å². The van der Waals surface area contributed by atoms with Gasteiger partial charge in [0.25, 0.3) is 0 Å². The number of ether oxygens (including phenoxy) is 1. The van der Waals surface area contributed by atoms with Crippen LogP contribution in [0.5, 0.6) is 0 Å². The second-order valence-corrected chi connectivity index (χ2v) is 4.64. The van der Waals surface area contributed by atoms with E-state index in [-0.39, 0.29) is 12.4 Å². The van der Waals surface area contributed by atoms with Crippen LogP contribution in [0.3, 0.4) is 0 Å². The number of anilines is 1. The summed E-state index contributed by atoms with van der Waals surface area (Å²) in [6.07, 6.45) is -0.0509. The molecule has 0 unspecified atom stereocenters. The fourth-order valence-corrected chi connectivity index (χ4v) is 2.28. The van der Waals surface area contributed by atoms with Crippen LogP contribution in [-0.4, -0.2) is 35.6 Å². The standard InChI is InChI=1S/C13H15F3N3O2/c1-2-21-12(20)10-9(13(14,15)16)11(18-8-17-10)19-6-4-3-5-7-19/h2-7H2,1H3. The summed E-state index contributed by atoms with van der Waals surface area (Å²) in [4.78, 5) is 20.2. The lowest BCUT2D eigenvalue weighted by Crippen LogP contribution is -2.33. The van der Waals surface area contributed by atoms with Crippen LogP contribution < -0.4 is 4.90 Å². The molecular weight excluding hydrogens is 287 g/mol. The van der Waals surface area contributed by atoms with Crippen molar-refractivity contribution in [3.63, 3.8) is 0 Å². The molecular formula is C13H15F3N3O2. The zero-order valence-electron chi connectivity index (χ0n) is 11.5. The van der Waals surface area contributed by atoms with Gasteiger partial charge in [0, 0.05) is 13.1 Å². The van der Waals surface area contributed by atoms with Crippen LogP contribution >= 0.6 is 0 Å². The zero-order valence-corrected chi connectivity index (χ0v) is 11.5. The van der Waals surface area contributed by atoms with Crippen LogP contribution in [0.15, 0.2) is 0 Å². The Labute approximate surface area is 120 Å². The van der Waals surface area contributed by atoms with E-state index in [0.717, 1.165) is 19.3 Å². The van der Waals surface area contributed by atoms with Crippen LogP contribution in [0, 0.1) is 6.33 Å². The average molecular weight is 302 g/mol. The number of piperidine rings is 1.